The molecule has 0 atom stereocenters. The summed E-state index contributed by atoms with van der Waals surface area (Å²) in [6.07, 6.45) is 4.97. The molecule has 0 amide bonds. The highest BCUT2D eigenvalue weighted by atomic mass is 35.5. The second kappa shape index (κ2) is 8.41. The van der Waals surface area contributed by atoms with Crippen molar-refractivity contribution in [1.82, 2.24) is 5.32 Å². The van der Waals surface area contributed by atoms with Gasteiger partial charge in [-0.15, -0.1) is 0 Å². The predicted molar refractivity (Wildman–Crippen MR) is 78.8 cm³/mol. The Morgan fingerprint density at radius 3 is 2.78 bits per heavy atom. The van der Waals surface area contributed by atoms with E-state index in [-0.39, 0.29) is 0 Å². The highest BCUT2D eigenvalue weighted by molar-refractivity contribution is 6.35. The Hall–Kier alpha value is -0.700. The number of halogens is 2. The number of ether oxygens (including phenoxy) is 1. The molecule has 0 aliphatic carbocycles. The van der Waals surface area contributed by atoms with E-state index in [4.69, 9.17) is 27.9 Å². The summed E-state index contributed by atoms with van der Waals surface area (Å²) in [5.74, 6) is 0.711. The Morgan fingerprint density at radius 2 is 2.11 bits per heavy atom. The van der Waals surface area contributed by atoms with Gasteiger partial charge in [0.05, 0.1) is 5.02 Å². The lowest BCUT2D eigenvalue weighted by molar-refractivity contribution is 0.357. The Kier molecular flexibility index (Phi) is 7.18. The average Bonchev–Trinajstić information content (AvgIpc) is 2.32. The first-order valence-corrected chi connectivity index (χ1v) is 6.87. The van der Waals surface area contributed by atoms with Crippen LogP contribution in [0.4, 0.5) is 0 Å². The SMILES string of the molecule is CC=CCOc1c(Cl)cc(Cl)cc1CNCCC. The van der Waals surface area contributed by atoms with Gasteiger partial charge in [0.2, 0.25) is 0 Å². The van der Waals surface area contributed by atoms with Crippen LogP contribution in [0.5, 0.6) is 5.75 Å². The number of hydrogen-bond acceptors (Lipinski definition) is 2. The maximum Gasteiger partial charge on any atom is 0.142 e. The molecule has 0 aliphatic heterocycles. The van der Waals surface area contributed by atoms with E-state index in [9.17, 15) is 0 Å². The number of benzene rings is 1. The molecular formula is C14H19Cl2NO. The smallest absolute Gasteiger partial charge is 0.142 e. The summed E-state index contributed by atoms with van der Waals surface area (Å²) >= 11 is 12.2. The van der Waals surface area contributed by atoms with Gasteiger partial charge in [0.1, 0.15) is 12.4 Å². The Balaban J connectivity index is 2.82. The van der Waals surface area contributed by atoms with E-state index in [0.717, 1.165) is 18.5 Å². The highest BCUT2D eigenvalue weighted by Crippen LogP contribution is 2.32. The fraction of sp³-hybridized carbons (Fsp3) is 0.429. The second-order valence-electron chi connectivity index (χ2n) is 3.93. The molecule has 0 spiro atoms. The standard InChI is InChI=1S/C14H19Cl2NO/c1-3-5-7-18-14-11(10-17-6-4-2)8-12(15)9-13(14)16/h3,5,8-9,17H,4,6-7,10H2,1-2H3. The highest BCUT2D eigenvalue weighted by Gasteiger charge is 2.10. The van der Waals surface area contributed by atoms with Crippen LogP contribution in [-0.2, 0) is 6.54 Å². The van der Waals surface area contributed by atoms with Crippen LogP contribution in [0.3, 0.4) is 0 Å². The number of nitrogens with one attached hydrogen (secondary N) is 1. The molecule has 18 heavy (non-hydrogen) atoms. The van der Waals surface area contributed by atoms with Crippen molar-refractivity contribution in [2.24, 2.45) is 0 Å². The third kappa shape index (κ3) is 4.89. The van der Waals surface area contributed by atoms with Gasteiger partial charge in [0, 0.05) is 17.1 Å². The Morgan fingerprint density at radius 1 is 1.33 bits per heavy atom. The van der Waals surface area contributed by atoms with E-state index in [1.54, 1.807) is 6.07 Å². The van der Waals surface area contributed by atoms with Crippen LogP contribution < -0.4 is 10.1 Å². The fourth-order valence-electron chi connectivity index (χ4n) is 1.53. The maximum absolute atomic E-state index is 6.17. The van der Waals surface area contributed by atoms with Gasteiger partial charge in [-0.2, -0.15) is 0 Å². The third-order valence-corrected chi connectivity index (χ3v) is 2.89. The number of rotatable bonds is 7. The largest absolute Gasteiger partial charge is 0.488 e. The minimum absolute atomic E-state index is 0.513. The van der Waals surface area contributed by atoms with Gasteiger partial charge in [-0.25, -0.2) is 0 Å². The number of allylic oxidation sites excluding steroid dienone is 1. The average molecular weight is 288 g/mol. The molecule has 1 aromatic carbocycles. The van der Waals surface area contributed by atoms with Crippen molar-refractivity contribution >= 4 is 23.2 Å². The normalized spacial score (nSPS) is 11.1. The first kappa shape index (κ1) is 15.4. The summed E-state index contributed by atoms with van der Waals surface area (Å²) in [7, 11) is 0. The van der Waals surface area contributed by atoms with Crippen molar-refractivity contribution in [3.05, 3.63) is 39.9 Å². The Labute approximate surface area is 119 Å². The minimum atomic E-state index is 0.513. The summed E-state index contributed by atoms with van der Waals surface area (Å²) in [6.45, 7) is 6.26. The molecule has 1 N–H and O–H groups in total. The zero-order chi connectivity index (χ0) is 13.4. The van der Waals surface area contributed by atoms with E-state index in [2.05, 4.69) is 12.2 Å². The zero-order valence-corrected chi connectivity index (χ0v) is 12.3. The van der Waals surface area contributed by atoms with Crippen LogP contribution in [0.25, 0.3) is 0 Å². The van der Waals surface area contributed by atoms with E-state index >= 15 is 0 Å². The molecule has 4 heteroatoms. The zero-order valence-electron chi connectivity index (χ0n) is 10.8. The molecule has 1 aromatic rings. The van der Waals surface area contributed by atoms with E-state index in [1.165, 1.54) is 0 Å². The van der Waals surface area contributed by atoms with Crippen LogP contribution in [-0.4, -0.2) is 13.2 Å². The first-order chi connectivity index (χ1) is 8.69. The summed E-state index contributed by atoms with van der Waals surface area (Å²) in [6, 6.07) is 3.60. The van der Waals surface area contributed by atoms with E-state index in [1.807, 2.05) is 25.1 Å². The van der Waals surface area contributed by atoms with Gasteiger partial charge >= 0.3 is 0 Å². The molecule has 100 valence electrons. The lowest BCUT2D eigenvalue weighted by atomic mass is 10.2. The molecule has 0 aliphatic rings. The summed E-state index contributed by atoms with van der Waals surface area (Å²) in [5, 5.41) is 4.51. The van der Waals surface area contributed by atoms with Crippen molar-refractivity contribution < 1.29 is 4.74 Å². The third-order valence-electron chi connectivity index (χ3n) is 2.39. The topological polar surface area (TPSA) is 21.3 Å². The Bertz CT molecular complexity index is 405. The van der Waals surface area contributed by atoms with Gasteiger partial charge in [-0.1, -0.05) is 42.3 Å². The molecule has 0 fully saturated rings. The van der Waals surface area contributed by atoms with Gasteiger partial charge in [0.15, 0.2) is 0 Å². The van der Waals surface area contributed by atoms with Crippen molar-refractivity contribution in [3.63, 3.8) is 0 Å². The van der Waals surface area contributed by atoms with Crippen molar-refractivity contribution in [2.45, 2.75) is 26.8 Å². The van der Waals surface area contributed by atoms with Crippen LogP contribution in [0, 0.1) is 0 Å². The first-order valence-electron chi connectivity index (χ1n) is 6.11. The van der Waals surface area contributed by atoms with Crippen LogP contribution >= 0.6 is 23.2 Å². The van der Waals surface area contributed by atoms with Crippen LogP contribution in [0.2, 0.25) is 10.0 Å². The summed E-state index contributed by atoms with van der Waals surface area (Å²) in [4.78, 5) is 0. The van der Waals surface area contributed by atoms with E-state index in [0.29, 0.717) is 28.9 Å². The lowest BCUT2D eigenvalue weighted by Gasteiger charge is -2.13. The molecular weight excluding hydrogens is 269 g/mol. The lowest BCUT2D eigenvalue weighted by Crippen LogP contribution is -2.15. The quantitative estimate of drug-likeness (QED) is 0.591. The van der Waals surface area contributed by atoms with Crippen molar-refractivity contribution in [2.75, 3.05) is 13.2 Å². The van der Waals surface area contributed by atoms with Crippen LogP contribution in [0.1, 0.15) is 25.8 Å². The molecule has 0 radical (unpaired) electrons. The summed E-state index contributed by atoms with van der Waals surface area (Å²) < 4.78 is 5.68. The number of hydrogen-bond donors (Lipinski definition) is 1. The predicted octanol–water partition coefficient (Wildman–Crippen LogP) is 4.45. The molecule has 0 heterocycles. The monoisotopic (exact) mass is 287 g/mol. The van der Waals surface area contributed by atoms with Crippen molar-refractivity contribution in [1.29, 1.82) is 0 Å². The van der Waals surface area contributed by atoms with E-state index < -0.39 is 0 Å². The van der Waals surface area contributed by atoms with Gasteiger partial charge < -0.3 is 10.1 Å². The molecule has 1 rings (SSSR count). The van der Waals surface area contributed by atoms with Gasteiger partial charge in [0.25, 0.3) is 0 Å². The maximum atomic E-state index is 6.17. The second-order valence-corrected chi connectivity index (χ2v) is 4.78. The molecule has 0 saturated heterocycles. The minimum Gasteiger partial charge on any atom is -0.488 e. The molecule has 2 nitrogen and oxygen atoms in total. The molecule has 0 unspecified atom stereocenters. The fourth-order valence-corrected chi connectivity index (χ4v) is 2.12. The van der Waals surface area contributed by atoms with Gasteiger partial charge in [-0.3, -0.25) is 0 Å². The van der Waals surface area contributed by atoms with Crippen LogP contribution in [0.15, 0.2) is 24.3 Å². The molecule has 0 bridgehead atoms. The van der Waals surface area contributed by atoms with Crippen molar-refractivity contribution in [3.8, 4) is 5.75 Å². The van der Waals surface area contributed by atoms with Gasteiger partial charge in [-0.05, 0) is 32.0 Å². The molecule has 0 aromatic heterocycles. The molecule has 0 saturated carbocycles. The summed E-state index contributed by atoms with van der Waals surface area (Å²) in [5.41, 5.74) is 0.991.